The molecule has 0 bridgehead atoms. The Bertz CT molecular complexity index is 901. The number of halogens is 3. The van der Waals surface area contributed by atoms with Crippen LogP contribution in [0.25, 0.3) is 0 Å². The summed E-state index contributed by atoms with van der Waals surface area (Å²) in [5.74, 6) is 1.07. The van der Waals surface area contributed by atoms with Gasteiger partial charge in [0.1, 0.15) is 11.6 Å². The lowest BCUT2D eigenvalue weighted by atomic mass is 10.2. The summed E-state index contributed by atoms with van der Waals surface area (Å²) in [6, 6.07) is 5.98. The maximum absolute atomic E-state index is 13.3. The normalized spacial score (nSPS) is 18.1. The van der Waals surface area contributed by atoms with Crippen molar-refractivity contribution < 1.29 is 22.7 Å². The van der Waals surface area contributed by atoms with Crippen molar-refractivity contribution in [2.75, 3.05) is 62.3 Å². The molecular formula is C21H24F3N5O2. The highest BCUT2D eigenvalue weighted by atomic mass is 19.4. The Hall–Kier alpha value is -2.88. The highest BCUT2D eigenvalue weighted by Crippen LogP contribution is 2.29. The van der Waals surface area contributed by atoms with Crippen molar-refractivity contribution in [3.63, 3.8) is 0 Å². The minimum Gasteiger partial charge on any atom is -0.378 e. The number of nitrogens with zero attached hydrogens (tertiary/aromatic N) is 5. The van der Waals surface area contributed by atoms with Gasteiger partial charge in [0.2, 0.25) is 0 Å². The fourth-order valence-electron chi connectivity index (χ4n) is 3.85. The number of anilines is 2. The molecule has 2 aromatic rings. The maximum Gasteiger partial charge on any atom is 0.417 e. The number of carbonyl (C=O) groups excluding carboxylic acids is 1. The summed E-state index contributed by atoms with van der Waals surface area (Å²) in [6.07, 6.45) is -1.17. The zero-order valence-corrected chi connectivity index (χ0v) is 17.0. The summed E-state index contributed by atoms with van der Waals surface area (Å²) in [5.41, 5.74) is -0.208. The Balaban J connectivity index is 1.45. The second-order valence-corrected chi connectivity index (χ2v) is 7.51. The summed E-state index contributed by atoms with van der Waals surface area (Å²) in [4.78, 5) is 27.5. The predicted octanol–water partition coefficient (Wildman–Crippen LogP) is 2.68. The van der Waals surface area contributed by atoms with E-state index in [1.165, 1.54) is 6.07 Å². The lowest BCUT2D eigenvalue weighted by Crippen LogP contribution is -2.40. The quantitative estimate of drug-likeness (QED) is 0.739. The Kier molecular flexibility index (Phi) is 6.26. The number of hydrogen-bond acceptors (Lipinski definition) is 6. The predicted molar refractivity (Wildman–Crippen MR) is 109 cm³/mol. The van der Waals surface area contributed by atoms with Crippen molar-refractivity contribution in [2.45, 2.75) is 12.6 Å². The molecule has 0 aromatic carbocycles. The van der Waals surface area contributed by atoms with Gasteiger partial charge in [-0.15, -0.1) is 0 Å². The molecule has 2 fully saturated rings. The molecule has 2 aromatic heterocycles. The van der Waals surface area contributed by atoms with Crippen molar-refractivity contribution in [3.05, 3.63) is 47.8 Å². The molecule has 0 unspecified atom stereocenters. The third-order valence-corrected chi connectivity index (χ3v) is 5.51. The zero-order chi connectivity index (χ0) is 21.8. The number of amides is 1. The molecule has 1 amide bonds. The number of carbonyl (C=O) groups is 1. The molecule has 0 atom stereocenters. The van der Waals surface area contributed by atoms with Crippen molar-refractivity contribution in [2.24, 2.45) is 0 Å². The monoisotopic (exact) mass is 435 g/mol. The Morgan fingerprint density at radius 2 is 1.74 bits per heavy atom. The molecule has 2 saturated heterocycles. The van der Waals surface area contributed by atoms with Crippen LogP contribution in [0.4, 0.5) is 24.8 Å². The van der Waals surface area contributed by atoms with E-state index >= 15 is 0 Å². The summed E-state index contributed by atoms with van der Waals surface area (Å²) in [7, 11) is 0. The van der Waals surface area contributed by atoms with E-state index in [0.29, 0.717) is 76.1 Å². The molecule has 0 N–H and O–H groups in total. The van der Waals surface area contributed by atoms with Crippen LogP contribution < -0.4 is 9.80 Å². The first-order valence-corrected chi connectivity index (χ1v) is 10.3. The van der Waals surface area contributed by atoms with Gasteiger partial charge in [-0.25, -0.2) is 9.97 Å². The smallest absolute Gasteiger partial charge is 0.378 e. The van der Waals surface area contributed by atoms with Crippen LogP contribution in [0.3, 0.4) is 0 Å². The van der Waals surface area contributed by atoms with Gasteiger partial charge in [0.25, 0.3) is 5.91 Å². The average molecular weight is 435 g/mol. The van der Waals surface area contributed by atoms with E-state index in [4.69, 9.17) is 4.74 Å². The largest absolute Gasteiger partial charge is 0.417 e. The minimum absolute atomic E-state index is 0.0863. The number of rotatable bonds is 3. The second-order valence-electron chi connectivity index (χ2n) is 7.51. The molecule has 0 saturated carbocycles. The van der Waals surface area contributed by atoms with Gasteiger partial charge >= 0.3 is 6.18 Å². The highest BCUT2D eigenvalue weighted by Gasteiger charge is 2.31. The number of morpholine rings is 1. The van der Waals surface area contributed by atoms with E-state index in [0.717, 1.165) is 12.3 Å². The summed E-state index contributed by atoms with van der Waals surface area (Å²) >= 11 is 0. The molecule has 0 spiro atoms. The van der Waals surface area contributed by atoms with Gasteiger partial charge in [-0.2, -0.15) is 13.2 Å². The van der Waals surface area contributed by atoms with Crippen molar-refractivity contribution in [1.82, 2.24) is 14.9 Å². The van der Waals surface area contributed by atoms with E-state index in [-0.39, 0.29) is 5.91 Å². The van der Waals surface area contributed by atoms with Gasteiger partial charge in [0.15, 0.2) is 0 Å². The zero-order valence-electron chi connectivity index (χ0n) is 17.0. The third kappa shape index (κ3) is 4.90. The van der Waals surface area contributed by atoms with Gasteiger partial charge in [0.05, 0.1) is 24.3 Å². The van der Waals surface area contributed by atoms with Gasteiger partial charge in [-0.05, 0) is 30.7 Å². The van der Waals surface area contributed by atoms with Gasteiger partial charge < -0.3 is 19.4 Å². The fourth-order valence-corrected chi connectivity index (χ4v) is 3.85. The number of hydrogen-bond donors (Lipinski definition) is 0. The maximum atomic E-state index is 13.3. The molecule has 2 aliphatic rings. The molecule has 4 rings (SSSR count). The van der Waals surface area contributed by atoms with Crippen molar-refractivity contribution in [1.29, 1.82) is 0 Å². The first-order valence-electron chi connectivity index (χ1n) is 10.3. The van der Waals surface area contributed by atoms with Crippen LogP contribution in [-0.2, 0) is 10.9 Å². The van der Waals surface area contributed by atoms with E-state index in [9.17, 15) is 18.0 Å². The first kappa shape index (κ1) is 21.4. The number of ether oxygens (including phenoxy) is 1. The van der Waals surface area contributed by atoms with Gasteiger partial charge in [-0.3, -0.25) is 4.79 Å². The van der Waals surface area contributed by atoms with Crippen LogP contribution in [0.2, 0.25) is 0 Å². The Morgan fingerprint density at radius 1 is 0.935 bits per heavy atom. The Labute approximate surface area is 178 Å². The molecule has 4 heterocycles. The summed E-state index contributed by atoms with van der Waals surface area (Å²) in [6.45, 7) is 4.70. The molecule has 0 aliphatic carbocycles. The molecule has 0 radical (unpaired) electrons. The SMILES string of the molecule is O=C(c1cccnc1N1CCOCC1)N1CCCN(c2ccc(C(F)(F)F)cn2)CC1. The van der Waals surface area contributed by atoms with Gasteiger partial charge in [-0.1, -0.05) is 0 Å². The van der Waals surface area contributed by atoms with Gasteiger partial charge in [0, 0.05) is 51.7 Å². The lowest BCUT2D eigenvalue weighted by molar-refractivity contribution is -0.137. The summed E-state index contributed by atoms with van der Waals surface area (Å²) < 4.78 is 43.7. The standard InChI is InChI=1S/C21H24F3N5O2/c22-21(23,24)16-4-5-18(26-15-16)27-7-2-8-29(10-9-27)20(30)17-3-1-6-25-19(17)28-11-13-31-14-12-28/h1,3-6,15H,2,7-14H2. The average Bonchev–Trinajstić information content (AvgIpc) is 3.05. The van der Waals surface area contributed by atoms with Crippen LogP contribution in [0, 0.1) is 0 Å². The van der Waals surface area contributed by atoms with Crippen molar-refractivity contribution >= 4 is 17.5 Å². The number of pyridine rings is 2. The van der Waals surface area contributed by atoms with Crippen LogP contribution in [-0.4, -0.2) is 73.3 Å². The summed E-state index contributed by atoms with van der Waals surface area (Å²) in [5, 5.41) is 0. The lowest BCUT2D eigenvalue weighted by Gasteiger charge is -2.30. The number of alkyl halides is 3. The van der Waals surface area contributed by atoms with Crippen LogP contribution in [0.15, 0.2) is 36.7 Å². The molecular weight excluding hydrogens is 411 g/mol. The van der Waals surface area contributed by atoms with Crippen LogP contribution in [0.1, 0.15) is 22.3 Å². The number of aromatic nitrogens is 2. The molecule has 10 heteroatoms. The molecule has 166 valence electrons. The first-order chi connectivity index (χ1) is 14.9. The third-order valence-electron chi connectivity index (χ3n) is 5.51. The van der Waals surface area contributed by atoms with E-state index in [1.807, 2.05) is 4.90 Å². The second kappa shape index (κ2) is 9.09. The molecule has 2 aliphatic heterocycles. The van der Waals surface area contributed by atoms with E-state index in [2.05, 4.69) is 14.9 Å². The van der Waals surface area contributed by atoms with Crippen molar-refractivity contribution in [3.8, 4) is 0 Å². The fraction of sp³-hybridized carbons (Fsp3) is 0.476. The molecule has 7 nitrogen and oxygen atoms in total. The van der Waals surface area contributed by atoms with E-state index < -0.39 is 11.7 Å². The van der Waals surface area contributed by atoms with Crippen LogP contribution in [0.5, 0.6) is 0 Å². The molecule has 31 heavy (non-hydrogen) atoms. The minimum atomic E-state index is -4.41. The topological polar surface area (TPSA) is 61.8 Å². The van der Waals surface area contributed by atoms with E-state index in [1.54, 1.807) is 23.2 Å². The highest BCUT2D eigenvalue weighted by molar-refractivity contribution is 5.99. The van der Waals surface area contributed by atoms with Crippen LogP contribution >= 0.6 is 0 Å². The Morgan fingerprint density at radius 3 is 2.45 bits per heavy atom.